The monoisotopic (exact) mass is 416 g/mol. The maximum atomic E-state index is 12.5. The van der Waals surface area contributed by atoms with E-state index in [0.717, 1.165) is 30.4 Å². The predicted molar refractivity (Wildman–Crippen MR) is 117 cm³/mol. The molecule has 0 atom stereocenters. The summed E-state index contributed by atoms with van der Waals surface area (Å²) in [6, 6.07) is 4.10. The van der Waals surface area contributed by atoms with Crippen LogP contribution in [-0.2, 0) is 16.1 Å². The molecule has 166 valence electrons. The Morgan fingerprint density at radius 2 is 1.77 bits per heavy atom. The maximum absolute atomic E-state index is 12.5. The topological polar surface area (TPSA) is 74.8 Å². The molecular formula is C23H36N4O3. The zero-order valence-corrected chi connectivity index (χ0v) is 18.8. The van der Waals surface area contributed by atoms with Crippen LogP contribution in [0.1, 0.15) is 58.9 Å². The van der Waals surface area contributed by atoms with Crippen LogP contribution in [0.25, 0.3) is 0 Å². The van der Waals surface area contributed by atoms with Gasteiger partial charge in [-0.3, -0.25) is 4.79 Å². The minimum Gasteiger partial charge on any atom is -0.444 e. The summed E-state index contributed by atoms with van der Waals surface area (Å²) in [6.45, 7) is 11.6. The SMILES string of the molecule is CC1CCN(c2ccc(CNC(=O)C3CCN(C(=O)OC(C)(C)C)CC3)cn2)CC1. The van der Waals surface area contributed by atoms with Gasteiger partial charge in [0.25, 0.3) is 0 Å². The third-order valence-electron chi connectivity index (χ3n) is 5.90. The lowest BCUT2D eigenvalue weighted by atomic mass is 9.96. The highest BCUT2D eigenvalue weighted by molar-refractivity contribution is 5.79. The van der Waals surface area contributed by atoms with E-state index >= 15 is 0 Å². The predicted octanol–water partition coefficient (Wildman–Crippen LogP) is 3.58. The Balaban J connectivity index is 1.41. The standard InChI is InChI=1S/C23H36N4O3/c1-17-7-11-26(12-8-17)20-6-5-18(15-24-20)16-25-21(28)19-9-13-27(14-10-19)22(29)30-23(2,3)4/h5-6,15,17,19H,7-14,16H2,1-4H3,(H,25,28). The van der Waals surface area contributed by atoms with Crippen LogP contribution in [0.4, 0.5) is 10.6 Å². The summed E-state index contributed by atoms with van der Waals surface area (Å²) in [5.41, 5.74) is 0.505. The number of hydrogen-bond donors (Lipinski definition) is 1. The van der Waals surface area contributed by atoms with Gasteiger partial charge in [0.15, 0.2) is 0 Å². The number of rotatable bonds is 4. The van der Waals surface area contributed by atoms with E-state index in [9.17, 15) is 9.59 Å². The van der Waals surface area contributed by atoms with Gasteiger partial charge in [-0.05, 0) is 64.0 Å². The van der Waals surface area contributed by atoms with Crippen molar-refractivity contribution in [2.75, 3.05) is 31.1 Å². The number of piperidine rings is 2. The first-order chi connectivity index (χ1) is 14.2. The Bertz CT molecular complexity index is 713. The molecule has 7 heteroatoms. The van der Waals surface area contributed by atoms with E-state index in [2.05, 4.69) is 28.2 Å². The number of nitrogens with zero attached hydrogens (tertiary/aromatic N) is 3. The molecule has 3 heterocycles. The molecule has 30 heavy (non-hydrogen) atoms. The molecule has 0 spiro atoms. The number of aromatic nitrogens is 1. The highest BCUT2D eigenvalue weighted by atomic mass is 16.6. The molecule has 3 rings (SSSR count). The number of amides is 2. The molecule has 2 amide bonds. The zero-order valence-electron chi connectivity index (χ0n) is 18.8. The Morgan fingerprint density at radius 3 is 2.33 bits per heavy atom. The molecule has 2 aliphatic rings. The van der Waals surface area contributed by atoms with Crippen LogP contribution in [0.5, 0.6) is 0 Å². The lowest BCUT2D eigenvalue weighted by Crippen LogP contribution is -2.44. The fraction of sp³-hybridized carbons (Fsp3) is 0.696. The Kier molecular flexibility index (Phi) is 7.21. The zero-order chi connectivity index (χ0) is 21.7. The Morgan fingerprint density at radius 1 is 1.10 bits per heavy atom. The van der Waals surface area contributed by atoms with E-state index in [1.54, 1.807) is 4.90 Å². The van der Waals surface area contributed by atoms with Gasteiger partial charge >= 0.3 is 6.09 Å². The van der Waals surface area contributed by atoms with E-state index in [1.165, 1.54) is 12.8 Å². The van der Waals surface area contributed by atoms with Crippen molar-refractivity contribution in [1.29, 1.82) is 0 Å². The molecule has 1 aromatic rings. The van der Waals surface area contributed by atoms with Crippen LogP contribution in [0.15, 0.2) is 18.3 Å². The van der Waals surface area contributed by atoms with Crippen LogP contribution in [0.2, 0.25) is 0 Å². The number of carbonyl (C=O) groups excluding carboxylic acids is 2. The number of pyridine rings is 1. The average molecular weight is 417 g/mol. The van der Waals surface area contributed by atoms with E-state index in [0.29, 0.717) is 32.5 Å². The molecule has 0 bridgehead atoms. The minimum absolute atomic E-state index is 0.0490. The number of nitrogens with one attached hydrogen (secondary N) is 1. The molecule has 0 saturated carbocycles. The van der Waals surface area contributed by atoms with Crippen molar-refractivity contribution in [2.45, 2.75) is 65.5 Å². The molecule has 0 radical (unpaired) electrons. The summed E-state index contributed by atoms with van der Waals surface area (Å²) in [4.78, 5) is 33.3. The summed E-state index contributed by atoms with van der Waals surface area (Å²) in [7, 11) is 0. The highest BCUT2D eigenvalue weighted by Crippen LogP contribution is 2.22. The summed E-state index contributed by atoms with van der Waals surface area (Å²) >= 11 is 0. The fourth-order valence-electron chi connectivity index (χ4n) is 3.93. The second-order valence-electron chi connectivity index (χ2n) is 9.65. The molecule has 1 aromatic heterocycles. The number of likely N-dealkylation sites (tertiary alicyclic amines) is 1. The maximum Gasteiger partial charge on any atom is 0.410 e. The van der Waals surface area contributed by atoms with Gasteiger partial charge in [0.05, 0.1) is 0 Å². The van der Waals surface area contributed by atoms with E-state index in [-0.39, 0.29) is 17.9 Å². The number of carbonyl (C=O) groups is 2. The third-order valence-corrected chi connectivity index (χ3v) is 5.90. The first kappa shape index (κ1) is 22.4. The van der Waals surface area contributed by atoms with Gasteiger partial charge < -0.3 is 19.9 Å². The number of ether oxygens (including phenoxy) is 1. The second-order valence-corrected chi connectivity index (χ2v) is 9.65. The van der Waals surface area contributed by atoms with Crippen molar-refractivity contribution in [3.8, 4) is 0 Å². The summed E-state index contributed by atoms with van der Waals surface area (Å²) in [5, 5.41) is 3.03. The van der Waals surface area contributed by atoms with Gasteiger partial charge in [-0.25, -0.2) is 9.78 Å². The van der Waals surface area contributed by atoms with Crippen LogP contribution in [0, 0.1) is 11.8 Å². The quantitative estimate of drug-likeness (QED) is 0.812. The molecule has 0 aliphatic carbocycles. The molecule has 2 saturated heterocycles. The summed E-state index contributed by atoms with van der Waals surface area (Å²) in [5.74, 6) is 1.80. The van der Waals surface area contributed by atoms with Crippen molar-refractivity contribution in [1.82, 2.24) is 15.2 Å². The lowest BCUT2D eigenvalue weighted by Gasteiger charge is -2.33. The Hall–Kier alpha value is -2.31. The van der Waals surface area contributed by atoms with Gasteiger partial charge in [0.1, 0.15) is 11.4 Å². The van der Waals surface area contributed by atoms with Crippen molar-refractivity contribution in [3.63, 3.8) is 0 Å². The van der Waals surface area contributed by atoms with Crippen molar-refractivity contribution < 1.29 is 14.3 Å². The van der Waals surface area contributed by atoms with Crippen LogP contribution < -0.4 is 10.2 Å². The van der Waals surface area contributed by atoms with E-state index in [4.69, 9.17) is 4.74 Å². The molecule has 7 nitrogen and oxygen atoms in total. The summed E-state index contributed by atoms with van der Waals surface area (Å²) < 4.78 is 5.41. The van der Waals surface area contributed by atoms with E-state index < -0.39 is 5.60 Å². The normalized spacial score (nSPS) is 18.9. The first-order valence-electron chi connectivity index (χ1n) is 11.2. The first-order valence-corrected chi connectivity index (χ1v) is 11.2. The van der Waals surface area contributed by atoms with Crippen molar-refractivity contribution in [2.24, 2.45) is 11.8 Å². The molecule has 0 aromatic carbocycles. The fourth-order valence-corrected chi connectivity index (χ4v) is 3.93. The van der Waals surface area contributed by atoms with Gasteiger partial charge in [-0.1, -0.05) is 13.0 Å². The number of hydrogen-bond acceptors (Lipinski definition) is 5. The smallest absolute Gasteiger partial charge is 0.410 e. The average Bonchev–Trinajstić information content (AvgIpc) is 2.72. The number of anilines is 1. The molecule has 1 N–H and O–H groups in total. The lowest BCUT2D eigenvalue weighted by molar-refractivity contribution is -0.126. The van der Waals surface area contributed by atoms with Crippen LogP contribution in [0.3, 0.4) is 0 Å². The van der Waals surface area contributed by atoms with Crippen LogP contribution >= 0.6 is 0 Å². The van der Waals surface area contributed by atoms with Gasteiger partial charge in [-0.15, -0.1) is 0 Å². The summed E-state index contributed by atoms with van der Waals surface area (Å²) in [6.07, 6.45) is 5.32. The third kappa shape index (κ3) is 6.34. The van der Waals surface area contributed by atoms with Gasteiger partial charge in [0.2, 0.25) is 5.91 Å². The van der Waals surface area contributed by atoms with Crippen molar-refractivity contribution >= 4 is 17.8 Å². The largest absolute Gasteiger partial charge is 0.444 e. The molecule has 2 fully saturated rings. The molecule has 2 aliphatic heterocycles. The highest BCUT2D eigenvalue weighted by Gasteiger charge is 2.29. The molecule has 0 unspecified atom stereocenters. The minimum atomic E-state index is -0.499. The van der Waals surface area contributed by atoms with Crippen molar-refractivity contribution in [3.05, 3.63) is 23.9 Å². The van der Waals surface area contributed by atoms with Crippen LogP contribution in [-0.4, -0.2) is 53.7 Å². The Labute approximate surface area is 180 Å². The van der Waals surface area contributed by atoms with Gasteiger partial charge in [-0.2, -0.15) is 0 Å². The van der Waals surface area contributed by atoms with E-state index in [1.807, 2.05) is 33.0 Å². The van der Waals surface area contributed by atoms with Gasteiger partial charge in [0, 0.05) is 44.8 Å². The second kappa shape index (κ2) is 9.67. The molecular weight excluding hydrogens is 380 g/mol.